The molecule has 0 spiro atoms. The molecule has 0 bridgehead atoms. The van der Waals surface area contributed by atoms with Gasteiger partial charge < -0.3 is 0 Å². The molecule has 0 fully saturated rings. The molecule has 0 aliphatic heterocycles. The van der Waals surface area contributed by atoms with Crippen molar-refractivity contribution in [3.63, 3.8) is 0 Å². The highest BCUT2D eigenvalue weighted by atomic mass is 16.6. The number of nitrogens with one attached hydrogen (secondary N) is 1. The van der Waals surface area contributed by atoms with Crippen LogP contribution in [-0.4, -0.2) is 22.0 Å². The predicted molar refractivity (Wildman–Crippen MR) is 95.5 cm³/mol. The zero-order chi connectivity index (χ0) is 19.8. The van der Waals surface area contributed by atoms with Gasteiger partial charge in [-0.25, -0.2) is 5.43 Å². The van der Waals surface area contributed by atoms with Gasteiger partial charge in [-0.1, -0.05) is 24.3 Å². The third-order valence-electron chi connectivity index (χ3n) is 3.22. The number of benzene rings is 2. The number of nitro groups is 2. The number of non-ortho nitro benzene ring substituents is 2. The number of hydrogen-bond donors (Lipinski definition) is 1. The minimum Gasteiger partial charge on any atom is -0.267 e. The van der Waals surface area contributed by atoms with Gasteiger partial charge in [0, 0.05) is 29.8 Å². The average Bonchev–Trinajstić information content (AvgIpc) is 2.66. The van der Waals surface area contributed by atoms with Crippen molar-refractivity contribution in [2.45, 2.75) is 0 Å². The molecule has 1 N–H and O–H groups in total. The molecular formula is C17H11N5O5. The van der Waals surface area contributed by atoms with Crippen LogP contribution in [-0.2, 0) is 4.79 Å². The Morgan fingerprint density at radius 1 is 1.04 bits per heavy atom. The first-order valence-electron chi connectivity index (χ1n) is 7.35. The van der Waals surface area contributed by atoms with Crippen LogP contribution in [0.5, 0.6) is 0 Å². The van der Waals surface area contributed by atoms with Crippen LogP contribution in [0, 0.1) is 31.6 Å². The number of hydrogen-bond acceptors (Lipinski definition) is 7. The molecule has 134 valence electrons. The molecule has 0 aromatic heterocycles. The van der Waals surface area contributed by atoms with Gasteiger partial charge in [0.15, 0.2) is 0 Å². The molecule has 27 heavy (non-hydrogen) atoms. The lowest BCUT2D eigenvalue weighted by Crippen LogP contribution is -2.19. The van der Waals surface area contributed by atoms with Gasteiger partial charge in [-0.15, -0.1) is 0 Å². The third kappa shape index (κ3) is 5.30. The second kappa shape index (κ2) is 8.63. The standard InChI is InChI=1S/C17H11N5O5/c18-10-14(7-12-3-1-5-15(8-12)21(24)25)17(23)20-19-11-13-4-2-6-16(9-13)22(26)27/h1-9,11H,(H,20,23). The molecule has 1 amide bonds. The highest BCUT2D eigenvalue weighted by molar-refractivity contribution is 6.02. The molecule has 2 rings (SSSR count). The molecule has 0 aliphatic rings. The normalized spacial score (nSPS) is 11.0. The highest BCUT2D eigenvalue weighted by Gasteiger charge is 2.10. The van der Waals surface area contributed by atoms with Gasteiger partial charge in [-0.2, -0.15) is 10.4 Å². The molecule has 0 aliphatic carbocycles. The molecule has 0 unspecified atom stereocenters. The van der Waals surface area contributed by atoms with Crippen LogP contribution in [0.2, 0.25) is 0 Å². The van der Waals surface area contributed by atoms with Gasteiger partial charge >= 0.3 is 0 Å². The summed E-state index contributed by atoms with van der Waals surface area (Å²) in [6, 6.07) is 12.7. The van der Waals surface area contributed by atoms with Gasteiger partial charge in [0.25, 0.3) is 17.3 Å². The van der Waals surface area contributed by atoms with Crippen molar-refractivity contribution < 1.29 is 14.6 Å². The molecule has 0 heterocycles. The summed E-state index contributed by atoms with van der Waals surface area (Å²) in [5.74, 6) is -0.828. The van der Waals surface area contributed by atoms with E-state index in [1.165, 1.54) is 54.8 Å². The summed E-state index contributed by atoms with van der Waals surface area (Å²) in [6.45, 7) is 0. The number of carbonyl (C=O) groups excluding carboxylic acids is 1. The van der Waals surface area contributed by atoms with E-state index in [2.05, 4.69) is 10.5 Å². The summed E-state index contributed by atoms with van der Waals surface area (Å²) in [6.07, 6.45) is 2.37. The molecule has 10 nitrogen and oxygen atoms in total. The van der Waals surface area contributed by atoms with Crippen molar-refractivity contribution in [1.82, 2.24) is 5.43 Å². The van der Waals surface area contributed by atoms with Gasteiger partial charge in [0.2, 0.25) is 0 Å². The maximum Gasteiger partial charge on any atom is 0.282 e. The largest absolute Gasteiger partial charge is 0.282 e. The average molecular weight is 365 g/mol. The topological polar surface area (TPSA) is 152 Å². The van der Waals surface area contributed by atoms with E-state index in [-0.39, 0.29) is 16.9 Å². The van der Waals surface area contributed by atoms with Gasteiger partial charge in [0.1, 0.15) is 11.6 Å². The summed E-state index contributed by atoms with van der Waals surface area (Å²) >= 11 is 0. The Balaban J connectivity index is 2.12. The lowest BCUT2D eigenvalue weighted by atomic mass is 10.1. The fraction of sp³-hybridized carbons (Fsp3) is 0. The van der Waals surface area contributed by atoms with Crippen LogP contribution in [0.15, 0.2) is 59.2 Å². The third-order valence-corrected chi connectivity index (χ3v) is 3.22. The SMILES string of the molecule is N#CC(=Cc1cccc([N+](=O)[O-])c1)C(=O)NN=Cc1cccc([N+](=O)[O-])c1. The first-order valence-corrected chi connectivity index (χ1v) is 7.35. The van der Waals surface area contributed by atoms with Crippen LogP contribution in [0.4, 0.5) is 11.4 Å². The van der Waals surface area contributed by atoms with E-state index < -0.39 is 15.8 Å². The van der Waals surface area contributed by atoms with E-state index in [9.17, 15) is 25.0 Å². The number of nitro benzene ring substituents is 2. The number of nitrogens with zero attached hydrogens (tertiary/aromatic N) is 4. The number of rotatable bonds is 6. The van der Waals surface area contributed by atoms with E-state index in [0.29, 0.717) is 11.1 Å². The smallest absolute Gasteiger partial charge is 0.267 e. The van der Waals surface area contributed by atoms with Crippen LogP contribution >= 0.6 is 0 Å². The Morgan fingerprint density at radius 3 is 2.15 bits per heavy atom. The Morgan fingerprint density at radius 2 is 1.59 bits per heavy atom. The first-order chi connectivity index (χ1) is 12.9. The molecule has 0 saturated carbocycles. The Hall–Kier alpha value is -4.39. The van der Waals surface area contributed by atoms with Crippen molar-refractivity contribution in [3.05, 3.63) is 85.5 Å². The number of nitriles is 1. The van der Waals surface area contributed by atoms with Crippen molar-refractivity contribution in [2.24, 2.45) is 5.10 Å². The van der Waals surface area contributed by atoms with Crippen molar-refractivity contribution in [2.75, 3.05) is 0 Å². The fourth-order valence-corrected chi connectivity index (χ4v) is 1.99. The molecule has 0 atom stereocenters. The molecule has 0 saturated heterocycles. The summed E-state index contributed by atoms with van der Waals surface area (Å²) in [4.78, 5) is 32.3. The summed E-state index contributed by atoms with van der Waals surface area (Å²) in [7, 11) is 0. The maximum absolute atomic E-state index is 12.0. The zero-order valence-corrected chi connectivity index (χ0v) is 13.6. The van der Waals surface area contributed by atoms with E-state index in [0.717, 1.165) is 0 Å². The fourth-order valence-electron chi connectivity index (χ4n) is 1.99. The monoisotopic (exact) mass is 365 g/mol. The predicted octanol–water partition coefficient (Wildman–Crippen LogP) is 2.56. The van der Waals surface area contributed by atoms with Crippen LogP contribution in [0.25, 0.3) is 6.08 Å². The van der Waals surface area contributed by atoms with E-state index in [1.807, 2.05) is 0 Å². The Labute approximate surface area is 152 Å². The van der Waals surface area contributed by atoms with Gasteiger partial charge in [-0.05, 0) is 11.6 Å². The lowest BCUT2D eigenvalue weighted by Gasteiger charge is -1.99. The highest BCUT2D eigenvalue weighted by Crippen LogP contribution is 2.16. The van der Waals surface area contributed by atoms with E-state index in [4.69, 9.17) is 5.26 Å². The minimum atomic E-state index is -0.828. The molecule has 2 aromatic rings. The quantitative estimate of drug-likeness (QED) is 0.273. The minimum absolute atomic E-state index is 0.131. The summed E-state index contributed by atoms with van der Waals surface area (Å²) in [5.41, 5.74) is 2.19. The number of amides is 1. The van der Waals surface area contributed by atoms with E-state index >= 15 is 0 Å². The first kappa shape index (κ1) is 18.9. The summed E-state index contributed by atoms with van der Waals surface area (Å²) < 4.78 is 0. The Kier molecular flexibility index (Phi) is 6.06. The van der Waals surface area contributed by atoms with Crippen LogP contribution in [0.1, 0.15) is 11.1 Å². The van der Waals surface area contributed by atoms with Crippen LogP contribution in [0.3, 0.4) is 0 Å². The lowest BCUT2D eigenvalue weighted by molar-refractivity contribution is -0.385. The number of hydrazone groups is 1. The van der Waals surface area contributed by atoms with E-state index in [1.54, 1.807) is 12.1 Å². The molecule has 0 radical (unpaired) electrons. The zero-order valence-electron chi connectivity index (χ0n) is 13.6. The summed E-state index contributed by atoms with van der Waals surface area (Å²) in [5, 5.41) is 34.2. The van der Waals surface area contributed by atoms with Gasteiger partial charge in [0.05, 0.1) is 16.1 Å². The second-order valence-electron chi connectivity index (χ2n) is 5.07. The van der Waals surface area contributed by atoms with Crippen LogP contribution < -0.4 is 5.43 Å². The second-order valence-corrected chi connectivity index (χ2v) is 5.07. The maximum atomic E-state index is 12.0. The molecule has 10 heteroatoms. The molecule has 2 aromatic carbocycles. The van der Waals surface area contributed by atoms with Crippen molar-refractivity contribution in [1.29, 1.82) is 5.26 Å². The van der Waals surface area contributed by atoms with Crippen molar-refractivity contribution in [3.8, 4) is 6.07 Å². The Bertz CT molecular complexity index is 1010. The molecular weight excluding hydrogens is 354 g/mol. The van der Waals surface area contributed by atoms with Gasteiger partial charge in [-0.3, -0.25) is 25.0 Å². The number of carbonyl (C=O) groups is 1. The van der Waals surface area contributed by atoms with Crippen molar-refractivity contribution >= 4 is 29.6 Å².